The van der Waals surface area contributed by atoms with Crippen molar-refractivity contribution in [1.29, 1.82) is 0 Å². The molecule has 1 N–H and O–H groups in total. The van der Waals surface area contributed by atoms with E-state index in [-0.39, 0.29) is 11.8 Å². The zero-order valence-electron chi connectivity index (χ0n) is 12.1. The topological polar surface area (TPSA) is 29.1 Å². The summed E-state index contributed by atoms with van der Waals surface area (Å²) >= 11 is 0. The Kier molecular flexibility index (Phi) is 3.90. The van der Waals surface area contributed by atoms with Gasteiger partial charge in [0.05, 0.1) is 0 Å². The minimum absolute atomic E-state index is 0.239. The lowest BCUT2D eigenvalue weighted by Gasteiger charge is -2.09. The van der Waals surface area contributed by atoms with Gasteiger partial charge in [0.15, 0.2) is 0 Å². The Morgan fingerprint density at radius 3 is 2.45 bits per heavy atom. The summed E-state index contributed by atoms with van der Waals surface area (Å²) in [6, 6.07) is 8.14. The normalized spacial score (nSPS) is 29.8. The fourth-order valence-corrected chi connectivity index (χ4v) is 3.60. The number of anilines is 1. The summed E-state index contributed by atoms with van der Waals surface area (Å²) < 4.78 is 0. The quantitative estimate of drug-likeness (QED) is 0.819. The van der Waals surface area contributed by atoms with E-state index in [1.54, 1.807) is 0 Å². The summed E-state index contributed by atoms with van der Waals surface area (Å²) in [5.41, 5.74) is 2.22. The van der Waals surface area contributed by atoms with Crippen LogP contribution in [0.5, 0.6) is 0 Å². The lowest BCUT2D eigenvalue weighted by Crippen LogP contribution is -2.16. The van der Waals surface area contributed by atoms with E-state index in [9.17, 15) is 4.79 Å². The monoisotopic (exact) mass is 269 g/mol. The van der Waals surface area contributed by atoms with E-state index in [1.165, 1.54) is 18.4 Å². The summed E-state index contributed by atoms with van der Waals surface area (Å²) in [6.45, 7) is 2.13. The maximum atomic E-state index is 12.5. The Morgan fingerprint density at radius 1 is 1.15 bits per heavy atom. The number of hydrogen-bond donors (Lipinski definition) is 1. The largest absolute Gasteiger partial charge is 0.326 e. The minimum Gasteiger partial charge on any atom is -0.326 e. The van der Waals surface area contributed by atoms with Crippen LogP contribution < -0.4 is 5.32 Å². The zero-order valence-corrected chi connectivity index (χ0v) is 12.1. The van der Waals surface area contributed by atoms with E-state index >= 15 is 0 Å². The number of hydrogen-bond acceptors (Lipinski definition) is 1. The van der Waals surface area contributed by atoms with Crippen LogP contribution in [0.4, 0.5) is 5.69 Å². The molecule has 0 radical (unpaired) electrons. The molecule has 0 bridgehead atoms. The van der Waals surface area contributed by atoms with Gasteiger partial charge in [-0.25, -0.2) is 0 Å². The standard InChI is InChI=1S/C18H23NO/c1-2-13-9-7-8-12-16(13)19-18(20)17-14-10-5-3-4-6-11-15(14)17/h3-4,7-9,12,14-15,17H,2,5-6,10-11H2,1H3,(H,19,20)/b4-3-/t14-,15-/m1/s1. The van der Waals surface area contributed by atoms with Crippen LogP contribution >= 0.6 is 0 Å². The van der Waals surface area contributed by atoms with Crippen LogP contribution in [0.2, 0.25) is 0 Å². The van der Waals surface area contributed by atoms with Crippen molar-refractivity contribution in [3.05, 3.63) is 42.0 Å². The lowest BCUT2D eigenvalue weighted by molar-refractivity contribution is -0.117. The molecule has 2 nitrogen and oxygen atoms in total. The molecule has 1 saturated carbocycles. The third kappa shape index (κ3) is 2.65. The number of fused-ring (bicyclic) bond motifs is 1. The van der Waals surface area contributed by atoms with E-state index < -0.39 is 0 Å². The molecule has 0 spiro atoms. The highest BCUT2D eigenvalue weighted by molar-refractivity contribution is 5.95. The molecule has 0 aliphatic heterocycles. The average molecular weight is 269 g/mol. The van der Waals surface area contributed by atoms with E-state index in [2.05, 4.69) is 30.5 Å². The average Bonchev–Trinajstić information content (AvgIpc) is 3.10. The number of allylic oxidation sites excluding steroid dienone is 2. The first-order chi connectivity index (χ1) is 9.81. The second kappa shape index (κ2) is 5.82. The Morgan fingerprint density at radius 2 is 1.80 bits per heavy atom. The highest BCUT2D eigenvalue weighted by Gasteiger charge is 2.53. The Balaban J connectivity index is 1.66. The molecule has 3 rings (SSSR count). The molecule has 2 atom stereocenters. The second-order valence-corrected chi connectivity index (χ2v) is 5.98. The highest BCUT2D eigenvalue weighted by Crippen LogP contribution is 2.53. The van der Waals surface area contributed by atoms with Crippen LogP contribution in [0, 0.1) is 17.8 Å². The maximum absolute atomic E-state index is 12.5. The van der Waals surface area contributed by atoms with Crippen LogP contribution in [0.1, 0.15) is 38.2 Å². The first kappa shape index (κ1) is 13.4. The molecule has 0 aromatic heterocycles. The fourth-order valence-electron chi connectivity index (χ4n) is 3.60. The third-order valence-corrected chi connectivity index (χ3v) is 4.79. The van der Waals surface area contributed by atoms with Gasteiger partial charge in [0.25, 0.3) is 0 Å². The molecule has 0 saturated heterocycles. The van der Waals surface area contributed by atoms with Gasteiger partial charge >= 0.3 is 0 Å². The van der Waals surface area contributed by atoms with Crippen LogP contribution in [-0.2, 0) is 11.2 Å². The summed E-state index contributed by atoms with van der Waals surface area (Å²) in [6.07, 6.45) is 10.1. The SMILES string of the molecule is CCc1ccccc1NC(=O)C1[C@@H]2CC/C=C\CC[C@@H]12. The lowest BCUT2D eigenvalue weighted by atomic mass is 10.1. The van der Waals surface area contributed by atoms with Crippen molar-refractivity contribution in [3.8, 4) is 0 Å². The van der Waals surface area contributed by atoms with Crippen LogP contribution in [0.25, 0.3) is 0 Å². The molecule has 0 heterocycles. The molecular formula is C18H23NO. The summed E-state index contributed by atoms with van der Waals surface area (Å²) in [4.78, 5) is 12.5. The molecule has 20 heavy (non-hydrogen) atoms. The molecule has 106 valence electrons. The van der Waals surface area contributed by atoms with Crippen molar-refractivity contribution >= 4 is 11.6 Å². The highest BCUT2D eigenvalue weighted by atomic mass is 16.2. The van der Waals surface area contributed by atoms with E-state index in [0.29, 0.717) is 11.8 Å². The Hall–Kier alpha value is -1.57. The van der Waals surface area contributed by atoms with Crippen molar-refractivity contribution in [2.24, 2.45) is 17.8 Å². The van der Waals surface area contributed by atoms with Crippen molar-refractivity contribution in [2.75, 3.05) is 5.32 Å². The molecule has 2 heteroatoms. The van der Waals surface area contributed by atoms with Gasteiger partial charge in [-0.3, -0.25) is 4.79 Å². The van der Waals surface area contributed by atoms with E-state index in [1.807, 2.05) is 18.2 Å². The molecule has 0 unspecified atom stereocenters. The number of amides is 1. The van der Waals surface area contributed by atoms with Crippen molar-refractivity contribution in [1.82, 2.24) is 0 Å². The Bertz CT molecular complexity index is 504. The number of rotatable bonds is 3. The molecule has 1 aromatic rings. The number of para-hydroxylation sites is 1. The summed E-state index contributed by atoms with van der Waals surface area (Å²) in [5.74, 6) is 1.73. The van der Waals surface area contributed by atoms with Gasteiger partial charge in [-0.1, -0.05) is 37.3 Å². The molecule has 2 aliphatic carbocycles. The number of nitrogens with one attached hydrogen (secondary N) is 1. The fraction of sp³-hybridized carbons (Fsp3) is 0.500. The van der Waals surface area contributed by atoms with Crippen LogP contribution in [-0.4, -0.2) is 5.91 Å². The predicted molar refractivity (Wildman–Crippen MR) is 82.5 cm³/mol. The number of benzene rings is 1. The van der Waals surface area contributed by atoms with Gasteiger partial charge in [-0.15, -0.1) is 0 Å². The van der Waals surface area contributed by atoms with Gasteiger partial charge in [0.1, 0.15) is 0 Å². The first-order valence-electron chi connectivity index (χ1n) is 7.85. The third-order valence-electron chi connectivity index (χ3n) is 4.79. The molecular weight excluding hydrogens is 246 g/mol. The van der Waals surface area contributed by atoms with Crippen molar-refractivity contribution in [3.63, 3.8) is 0 Å². The molecule has 1 fully saturated rings. The van der Waals surface area contributed by atoms with Gasteiger partial charge in [0, 0.05) is 11.6 Å². The van der Waals surface area contributed by atoms with Gasteiger partial charge < -0.3 is 5.32 Å². The summed E-state index contributed by atoms with van der Waals surface area (Å²) in [5, 5.41) is 3.16. The second-order valence-electron chi connectivity index (χ2n) is 5.98. The molecule has 1 aromatic carbocycles. The Labute approximate surface area is 121 Å². The zero-order chi connectivity index (χ0) is 13.9. The van der Waals surface area contributed by atoms with E-state index in [0.717, 1.165) is 24.9 Å². The minimum atomic E-state index is 0.239. The van der Waals surface area contributed by atoms with Crippen molar-refractivity contribution < 1.29 is 4.79 Å². The van der Waals surface area contributed by atoms with E-state index in [4.69, 9.17) is 0 Å². The number of carbonyl (C=O) groups excluding carboxylic acids is 1. The predicted octanol–water partition coefficient (Wildman–Crippen LogP) is 4.18. The maximum Gasteiger partial charge on any atom is 0.228 e. The first-order valence-corrected chi connectivity index (χ1v) is 7.85. The summed E-state index contributed by atoms with van der Waals surface area (Å²) in [7, 11) is 0. The van der Waals surface area contributed by atoms with Gasteiger partial charge in [-0.2, -0.15) is 0 Å². The van der Waals surface area contributed by atoms with Gasteiger partial charge in [-0.05, 0) is 55.6 Å². The molecule has 2 aliphatic rings. The number of carbonyl (C=O) groups is 1. The van der Waals surface area contributed by atoms with Crippen LogP contribution in [0.15, 0.2) is 36.4 Å². The number of aryl methyl sites for hydroxylation is 1. The smallest absolute Gasteiger partial charge is 0.228 e. The van der Waals surface area contributed by atoms with Crippen LogP contribution in [0.3, 0.4) is 0 Å². The van der Waals surface area contributed by atoms with Crippen molar-refractivity contribution in [2.45, 2.75) is 39.0 Å². The molecule has 1 amide bonds. The van der Waals surface area contributed by atoms with Gasteiger partial charge in [0.2, 0.25) is 5.91 Å².